The second-order valence-corrected chi connectivity index (χ2v) is 6.12. The molecule has 3 rings (SSSR count). The summed E-state index contributed by atoms with van der Waals surface area (Å²) in [5.74, 6) is -0.408. The van der Waals surface area contributed by atoms with Crippen LogP contribution in [0, 0.1) is 6.92 Å². The Kier molecular flexibility index (Phi) is 3.36. The van der Waals surface area contributed by atoms with Crippen LogP contribution in [0.2, 0.25) is 0 Å². The van der Waals surface area contributed by atoms with Crippen LogP contribution in [0.5, 0.6) is 0 Å². The van der Waals surface area contributed by atoms with Gasteiger partial charge in [-0.3, -0.25) is 0 Å². The van der Waals surface area contributed by atoms with Gasteiger partial charge in [0.1, 0.15) is 6.26 Å². The lowest BCUT2D eigenvalue weighted by Crippen LogP contribution is -2.47. The zero-order valence-corrected chi connectivity index (χ0v) is 11.2. The monoisotopic (exact) mass is 270 g/mol. The van der Waals surface area contributed by atoms with Crippen molar-refractivity contribution in [3.63, 3.8) is 0 Å². The van der Waals surface area contributed by atoms with E-state index in [0.29, 0.717) is 18.4 Å². The average molecular weight is 270 g/mol. The largest absolute Gasteiger partial charge is 0.440 e. The fraction of sp³-hybridized carbons (Fsp3) is 0.750. The molecule has 0 bridgehead atoms. The summed E-state index contributed by atoms with van der Waals surface area (Å²) in [5, 5.41) is 0.915. The molecule has 2 atom stereocenters. The van der Waals surface area contributed by atoms with Crippen molar-refractivity contribution in [2.24, 2.45) is 5.73 Å². The molecule has 6 heteroatoms. The predicted octanol–water partition coefficient (Wildman–Crippen LogP) is 1.70. The smallest absolute Gasteiger partial charge is 0.256 e. The number of thioether (sulfide) groups is 1. The molecular weight excluding hydrogens is 252 g/mol. The van der Waals surface area contributed by atoms with E-state index in [2.05, 4.69) is 4.98 Å². The topological polar surface area (TPSA) is 70.5 Å². The van der Waals surface area contributed by atoms with Crippen molar-refractivity contribution in [3.8, 4) is 0 Å². The summed E-state index contributed by atoms with van der Waals surface area (Å²) in [4.78, 5) is 4.31. The minimum Gasteiger partial charge on any atom is -0.440 e. The molecule has 2 aliphatic rings. The van der Waals surface area contributed by atoms with Crippen LogP contribution >= 0.6 is 11.8 Å². The van der Waals surface area contributed by atoms with Crippen molar-refractivity contribution in [3.05, 3.63) is 12.0 Å². The Balaban J connectivity index is 1.69. The van der Waals surface area contributed by atoms with Crippen molar-refractivity contribution in [2.75, 3.05) is 13.2 Å². The van der Waals surface area contributed by atoms with E-state index in [0.717, 1.165) is 25.0 Å². The summed E-state index contributed by atoms with van der Waals surface area (Å²) >= 11 is 1.59. The maximum Gasteiger partial charge on any atom is 0.256 e. The molecule has 2 N–H and O–H groups in total. The maximum absolute atomic E-state index is 6.18. The summed E-state index contributed by atoms with van der Waals surface area (Å²) < 4.78 is 16.9. The van der Waals surface area contributed by atoms with Crippen molar-refractivity contribution in [1.82, 2.24) is 4.98 Å². The lowest BCUT2D eigenvalue weighted by molar-refractivity contribution is -0.176. The fourth-order valence-electron chi connectivity index (χ4n) is 2.54. The van der Waals surface area contributed by atoms with Gasteiger partial charge in [0.2, 0.25) is 0 Å². The van der Waals surface area contributed by atoms with Crippen LogP contribution in [-0.4, -0.2) is 35.3 Å². The van der Waals surface area contributed by atoms with Gasteiger partial charge in [0.25, 0.3) is 5.22 Å². The highest BCUT2D eigenvalue weighted by atomic mass is 32.2. The van der Waals surface area contributed by atoms with Crippen molar-refractivity contribution >= 4 is 11.8 Å². The van der Waals surface area contributed by atoms with Crippen LogP contribution in [0.3, 0.4) is 0 Å². The Hall–Kier alpha value is -0.560. The lowest BCUT2D eigenvalue weighted by atomic mass is 9.90. The van der Waals surface area contributed by atoms with Gasteiger partial charge in [-0.15, -0.1) is 0 Å². The number of rotatable bonds is 2. The Morgan fingerprint density at radius 1 is 1.44 bits per heavy atom. The Bertz CT molecular complexity index is 417. The molecule has 1 saturated heterocycles. The number of nitrogens with zero attached hydrogens (tertiary/aromatic N) is 1. The third-order valence-corrected chi connectivity index (χ3v) is 4.72. The molecule has 1 aromatic heterocycles. The highest BCUT2D eigenvalue weighted by Gasteiger charge is 2.44. The van der Waals surface area contributed by atoms with E-state index in [1.54, 1.807) is 18.0 Å². The van der Waals surface area contributed by atoms with Crippen molar-refractivity contribution < 1.29 is 13.9 Å². The first-order valence-electron chi connectivity index (χ1n) is 6.29. The third kappa shape index (κ3) is 2.42. The molecule has 1 saturated carbocycles. The van der Waals surface area contributed by atoms with Crippen LogP contribution in [0.25, 0.3) is 0 Å². The van der Waals surface area contributed by atoms with E-state index < -0.39 is 5.79 Å². The molecule has 0 radical (unpaired) electrons. The highest BCUT2D eigenvalue weighted by Crippen LogP contribution is 2.41. The van der Waals surface area contributed by atoms with Crippen LogP contribution in [0.15, 0.2) is 15.9 Å². The number of ether oxygens (including phenoxy) is 2. The molecule has 1 aliphatic carbocycles. The van der Waals surface area contributed by atoms with Crippen LogP contribution in [-0.2, 0) is 9.47 Å². The number of oxazole rings is 1. The molecule has 0 amide bonds. The molecule has 1 aromatic rings. The second-order valence-electron chi connectivity index (χ2n) is 4.93. The van der Waals surface area contributed by atoms with Gasteiger partial charge < -0.3 is 19.6 Å². The Labute approximate surface area is 110 Å². The van der Waals surface area contributed by atoms with Crippen molar-refractivity contribution in [2.45, 2.75) is 48.5 Å². The molecule has 0 aromatic carbocycles. The molecule has 18 heavy (non-hydrogen) atoms. The molecule has 2 unspecified atom stereocenters. The maximum atomic E-state index is 6.18. The number of aryl methyl sites for hydroxylation is 1. The lowest BCUT2D eigenvalue weighted by Gasteiger charge is -2.38. The Morgan fingerprint density at radius 3 is 2.89 bits per heavy atom. The molecule has 100 valence electrons. The van der Waals surface area contributed by atoms with Crippen LogP contribution in [0.4, 0.5) is 0 Å². The molecule has 5 nitrogen and oxygen atoms in total. The fourth-order valence-corrected chi connectivity index (χ4v) is 3.74. The van der Waals surface area contributed by atoms with E-state index in [1.807, 2.05) is 6.92 Å². The number of hydrogen-bond donors (Lipinski definition) is 1. The zero-order chi connectivity index (χ0) is 12.6. The van der Waals surface area contributed by atoms with Gasteiger partial charge in [0.05, 0.1) is 18.9 Å². The SMILES string of the molecule is Cc1coc(SC2CC3(CCC2N)OCCO3)n1. The van der Waals surface area contributed by atoms with Gasteiger partial charge in [-0.25, -0.2) is 4.98 Å². The van der Waals surface area contributed by atoms with E-state index in [-0.39, 0.29) is 11.3 Å². The van der Waals surface area contributed by atoms with Gasteiger partial charge in [-0.1, -0.05) is 11.8 Å². The Morgan fingerprint density at radius 2 is 2.22 bits per heavy atom. The van der Waals surface area contributed by atoms with Gasteiger partial charge in [-0.2, -0.15) is 0 Å². The number of nitrogens with two attached hydrogens (primary N) is 1. The molecule has 2 fully saturated rings. The summed E-state index contributed by atoms with van der Waals surface area (Å²) in [5.41, 5.74) is 7.08. The van der Waals surface area contributed by atoms with Gasteiger partial charge in [0, 0.05) is 24.1 Å². The van der Waals surface area contributed by atoms with Crippen molar-refractivity contribution in [1.29, 1.82) is 0 Å². The van der Waals surface area contributed by atoms with E-state index in [1.165, 1.54) is 0 Å². The highest BCUT2D eigenvalue weighted by molar-refractivity contribution is 7.99. The quantitative estimate of drug-likeness (QED) is 0.882. The molecule has 1 aliphatic heterocycles. The van der Waals surface area contributed by atoms with Gasteiger partial charge in [-0.05, 0) is 13.3 Å². The van der Waals surface area contributed by atoms with E-state index in [4.69, 9.17) is 19.6 Å². The van der Waals surface area contributed by atoms with Gasteiger partial charge in [0.15, 0.2) is 5.79 Å². The number of hydrogen-bond acceptors (Lipinski definition) is 6. The predicted molar refractivity (Wildman–Crippen MR) is 67.3 cm³/mol. The second kappa shape index (κ2) is 4.85. The molecule has 1 spiro atoms. The zero-order valence-electron chi connectivity index (χ0n) is 10.4. The summed E-state index contributed by atoms with van der Waals surface area (Å²) in [6.07, 6.45) is 4.27. The summed E-state index contributed by atoms with van der Waals surface area (Å²) in [6, 6.07) is 0.139. The summed E-state index contributed by atoms with van der Waals surface area (Å²) in [7, 11) is 0. The van der Waals surface area contributed by atoms with Crippen LogP contribution in [0.1, 0.15) is 25.0 Å². The minimum atomic E-state index is -0.408. The van der Waals surface area contributed by atoms with Gasteiger partial charge >= 0.3 is 0 Å². The normalized spacial score (nSPS) is 31.0. The first-order valence-corrected chi connectivity index (χ1v) is 7.17. The first kappa shape index (κ1) is 12.5. The standard InChI is InChI=1S/C12H18N2O3S/c1-8-7-15-11(14-8)18-10-6-12(3-2-9(10)13)16-4-5-17-12/h7,9-10H,2-6,13H2,1H3. The van der Waals surface area contributed by atoms with E-state index in [9.17, 15) is 0 Å². The average Bonchev–Trinajstić information content (AvgIpc) is 2.95. The molecular formula is C12H18N2O3S. The minimum absolute atomic E-state index is 0.139. The third-order valence-electron chi connectivity index (χ3n) is 3.51. The number of aromatic nitrogens is 1. The first-order chi connectivity index (χ1) is 8.67. The summed E-state index contributed by atoms with van der Waals surface area (Å²) in [6.45, 7) is 3.29. The molecule has 2 heterocycles. The van der Waals surface area contributed by atoms with E-state index >= 15 is 0 Å². The van der Waals surface area contributed by atoms with Crippen LogP contribution < -0.4 is 5.73 Å².